The van der Waals surface area contributed by atoms with Crippen LogP contribution in [0.5, 0.6) is 11.5 Å². The highest BCUT2D eigenvalue weighted by atomic mass is 16.5. The maximum atomic E-state index is 11.6. The lowest BCUT2D eigenvalue weighted by Crippen LogP contribution is -2.21. The molecule has 8 nitrogen and oxygen atoms in total. The van der Waals surface area contributed by atoms with E-state index in [-0.39, 0.29) is 11.6 Å². The molecule has 0 bridgehead atoms. The number of rotatable bonds is 6. The number of carbonyl (C=O) groups is 1. The topological polar surface area (TPSA) is 136 Å². The third-order valence-corrected chi connectivity index (χ3v) is 3.07. The molecule has 2 rings (SSSR count). The number of amidine groups is 1. The molecule has 2 aromatic carbocycles. The number of hydrogen-bond donors (Lipinski definition) is 4. The van der Waals surface area contributed by atoms with Crippen LogP contribution in [-0.4, -0.2) is 24.5 Å². The quantitative estimate of drug-likeness (QED) is 0.363. The van der Waals surface area contributed by atoms with Crippen LogP contribution in [0, 0.1) is 16.7 Å². The van der Waals surface area contributed by atoms with Crippen molar-refractivity contribution in [2.45, 2.75) is 0 Å². The molecule has 126 valence electrons. The molecule has 0 fully saturated rings. The Labute approximate surface area is 144 Å². The van der Waals surface area contributed by atoms with Crippen LogP contribution in [0.1, 0.15) is 10.4 Å². The van der Waals surface area contributed by atoms with E-state index in [1.807, 2.05) is 0 Å². The van der Waals surface area contributed by atoms with Gasteiger partial charge >= 0.3 is 0 Å². The molecule has 0 atom stereocenters. The second-order valence-electron chi connectivity index (χ2n) is 4.83. The number of hydrazone groups is 1. The van der Waals surface area contributed by atoms with Crippen molar-refractivity contribution in [1.82, 2.24) is 5.32 Å². The van der Waals surface area contributed by atoms with Gasteiger partial charge in [-0.25, -0.2) is 0 Å². The Morgan fingerprint density at radius 1 is 1.24 bits per heavy atom. The van der Waals surface area contributed by atoms with E-state index in [0.717, 1.165) is 0 Å². The van der Waals surface area contributed by atoms with Gasteiger partial charge in [0, 0.05) is 12.6 Å². The molecule has 0 saturated heterocycles. The molecule has 8 heteroatoms. The van der Waals surface area contributed by atoms with Gasteiger partial charge in [-0.15, -0.1) is 0 Å². The summed E-state index contributed by atoms with van der Waals surface area (Å²) in [5.41, 5.74) is 8.74. The minimum absolute atomic E-state index is 0.193. The van der Waals surface area contributed by atoms with Crippen molar-refractivity contribution in [2.24, 2.45) is 10.8 Å². The Bertz CT molecular complexity index is 852. The number of nitriles is 1. The molecule has 25 heavy (non-hydrogen) atoms. The van der Waals surface area contributed by atoms with E-state index in [0.29, 0.717) is 22.7 Å². The zero-order valence-corrected chi connectivity index (χ0v) is 13.4. The molecular formula is C17H16N6O2. The van der Waals surface area contributed by atoms with Gasteiger partial charge in [0.1, 0.15) is 17.6 Å². The zero-order valence-electron chi connectivity index (χ0n) is 13.4. The molecule has 1 amide bonds. The van der Waals surface area contributed by atoms with Crippen LogP contribution < -0.4 is 21.2 Å². The number of anilines is 1. The predicted octanol–water partition coefficient (Wildman–Crippen LogP) is 2.07. The number of carbonyl (C=O) groups excluding carboxylic acids is 1. The highest BCUT2D eigenvalue weighted by Gasteiger charge is 2.05. The number of ether oxygens (including phenoxy) is 1. The van der Waals surface area contributed by atoms with E-state index in [9.17, 15) is 4.79 Å². The van der Waals surface area contributed by atoms with E-state index in [1.165, 1.54) is 0 Å². The van der Waals surface area contributed by atoms with Crippen molar-refractivity contribution in [3.8, 4) is 17.6 Å². The predicted molar refractivity (Wildman–Crippen MR) is 94.9 cm³/mol. The molecule has 0 aliphatic heterocycles. The van der Waals surface area contributed by atoms with E-state index >= 15 is 0 Å². The van der Waals surface area contributed by atoms with Gasteiger partial charge in [-0.05, 0) is 42.5 Å². The summed E-state index contributed by atoms with van der Waals surface area (Å²) in [6, 6.07) is 15.3. The third-order valence-electron chi connectivity index (χ3n) is 3.07. The Morgan fingerprint density at radius 2 is 1.96 bits per heavy atom. The van der Waals surface area contributed by atoms with Crippen molar-refractivity contribution >= 4 is 23.1 Å². The van der Waals surface area contributed by atoms with Crippen LogP contribution in [0.2, 0.25) is 0 Å². The summed E-state index contributed by atoms with van der Waals surface area (Å²) in [4.78, 5) is 11.6. The summed E-state index contributed by atoms with van der Waals surface area (Å²) in [6.07, 6.45) is 0. The van der Waals surface area contributed by atoms with Crippen LogP contribution in [0.3, 0.4) is 0 Å². The molecule has 0 unspecified atom stereocenters. The van der Waals surface area contributed by atoms with E-state index < -0.39 is 5.84 Å². The number of hydrogen-bond acceptors (Lipinski definition) is 6. The Balaban J connectivity index is 2.07. The fourth-order valence-electron chi connectivity index (χ4n) is 1.84. The standard InChI is InChI=1S/C17H16N6O2/c1-21-17(24)11-3-2-4-14(9-11)25-13-7-5-12(6-8-13)22-23-15(10-18)16(19)20/h2-9,22H,1H3,(H3,19,20)(H,21,24)/b23-15+. The summed E-state index contributed by atoms with van der Waals surface area (Å²) >= 11 is 0. The van der Waals surface area contributed by atoms with Crippen LogP contribution in [0.4, 0.5) is 5.69 Å². The number of nitrogens with two attached hydrogens (primary N) is 1. The number of nitrogens with one attached hydrogen (secondary N) is 3. The van der Waals surface area contributed by atoms with Crippen molar-refractivity contribution in [2.75, 3.05) is 12.5 Å². The van der Waals surface area contributed by atoms with Crippen molar-refractivity contribution in [1.29, 1.82) is 10.7 Å². The molecule has 2 aromatic rings. The summed E-state index contributed by atoms with van der Waals surface area (Å²) in [5.74, 6) is 0.492. The highest BCUT2D eigenvalue weighted by Crippen LogP contribution is 2.23. The van der Waals surface area contributed by atoms with Crippen LogP contribution in [0.25, 0.3) is 0 Å². The summed E-state index contributed by atoms with van der Waals surface area (Å²) < 4.78 is 5.70. The van der Waals surface area contributed by atoms with Crippen molar-refractivity contribution < 1.29 is 9.53 Å². The third kappa shape index (κ3) is 4.80. The second kappa shape index (κ2) is 8.12. The van der Waals surface area contributed by atoms with Gasteiger partial charge in [-0.2, -0.15) is 10.4 Å². The lowest BCUT2D eigenvalue weighted by molar-refractivity contribution is 0.0963. The van der Waals surface area contributed by atoms with Gasteiger partial charge in [0.2, 0.25) is 5.71 Å². The summed E-state index contributed by atoms with van der Waals surface area (Å²) in [5, 5.41) is 22.2. The molecule has 0 aromatic heterocycles. The summed E-state index contributed by atoms with van der Waals surface area (Å²) in [6.45, 7) is 0. The van der Waals surface area contributed by atoms with Crippen LogP contribution in [-0.2, 0) is 0 Å². The molecule has 5 N–H and O–H groups in total. The first-order chi connectivity index (χ1) is 12.0. The molecular weight excluding hydrogens is 320 g/mol. The first-order valence-corrected chi connectivity index (χ1v) is 7.21. The van der Waals surface area contributed by atoms with Crippen molar-refractivity contribution in [3.63, 3.8) is 0 Å². The minimum Gasteiger partial charge on any atom is -0.457 e. The summed E-state index contributed by atoms with van der Waals surface area (Å²) in [7, 11) is 1.56. The molecule has 0 aliphatic carbocycles. The van der Waals surface area contributed by atoms with E-state index in [2.05, 4.69) is 15.8 Å². The second-order valence-corrected chi connectivity index (χ2v) is 4.83. The van der Waals surface area contributed by atoms with Gasteiger partial charge in [-0.1, -0.05) is 6.07 Å². The lowest BCUT2D eigenvalue weighted by Gasteiger charge is -2.08. The van der Waals surface area contributed by atoms with Gasteiger partial charge in [0.15, 0.2) is 5.84 Å². The van der Waals surface area contributed by atoms with Crippen LogP contribution >= 0.6 is 0 Å². The fourth-order valence-corrected chi connectivity index (χ4v) is 1.84. The van der Waals surface area contributed by atoms with E-state index in [4.69, 9.17) is 21.1 Å². The van der Waals surface area contributed by atoms with Crippen LogP contribution in [0.15, 0.2) is 53.6 Å². The normalized spacial score (nSPS) is 10.5. The Morgan fingerprint density at radius 3 is 2.56 bits per heavy atom. The molecule has 0 heterocycles. The minimum atomic E-state index is -0.411. The van der Waals surface area contributed by atoms with Gasteiger partial charge in [0.05, 0.1) is 5.69 Å². The monoisotopic (exact) mass is 336 g/mol. The highest BCUT2D eigenvalue weighted by molar-refractivity contribution is 6.45. The smallest absolute Gasteiger partial charge is 0.251 e. The van der Waals surface area contributed by atoms with Gasteiger partial charge < -0.3 is 15.8 Å². The first-order valence-electron chi connectivity index (χ1n) is 7.21. The van der Waals surface area contributed by atoms with E-state index in [1.54, 1.807) is 61.6 Å². The number of benzene rings is 2. The lowest BCUT2D eigenvalue weighted by atomic mass is 10.2. The van der Waals surface area contributed by atoms with Gasteiger partial charge in [-0.3, -0.25) is 15.6 Å². The first kappa shape index (κ1) is 17.5. The number of nitrogens with zero attached hydrogens (tertiary/aromatic N) is 2. The molecule has 0 aliphatic rings. The molecule has 0 saturated carbocycles. The maximum absolute atomic E-state index is 11.6. The average Bonchev–Trinajstić information content (AvgIpc) is 2.63. The molecule has 0 spiro atoms. The fraction of sp³-hybridized carbons (Fsp3) is 0.0588. The largest absolute Gasteiger partial charge is 0.457 e. The maximum Gasteiger partial charge on any atom is 0.251 e. The molecule has 0 radical (unpaired) electrons. The zero-order chi connectivity index (χ0) is 18.2. The average molecular weight is 336 g/mol. The SMILES string of the molecule is CNC(=O)c1cccc(Oc2ccc(N/N=C(\C#N)C(=N)N)cc2)c1. The Hall–Kier alpha value is -3.86. The Kier molecular flexibility index (Phi) is 5.68. The van der Waals surface area contributed by atoms with Gasteiger partial charge in [0.25, 0.3) is 5.91 Å². The van der Waals surface area contributed by atoms with Crippen molar-refractivity contribution in [3.05, 3.63) is 54.1 Å². The number of amides is 1.